The van der Waals surface area contributed by atoms with E-state index in [0.717, 1.165) is 12.8 Å². The molecule has 1 N–H and O–H groups in total. The molecule has 1 aromatic rings. The number of nitrogens with one attached hydrogen (secondary N) is 1. The molecule has 4 amide bonds. The van der Waals surface area contributed by atoms with Gasteiger partial charge in [0.15, 0.2) is 0 Å². The molecule has 0 saturated carbocycles. The number of rotatable bonds is 3. The summed E-state index contributed by atoms with van der Waals surface area (Å²) >= 11 is 0. The second-order valence-electron chi connectivity index (χ2n) is 6.64. The summed E-state index contributed by atoms with van der Waals surface area (Å²) in [7, 11) is 0. The fourth-order valence-corrected chi connectivity index (χ4v) is 3.15. The Kier molecular flexibility index (Phi) is 6.01. The Morgan fingerprint density at radius 2 is 1.81 bits per heavy atom. The number of carbonyl (C=O) groups is 3. The molecule has 1 saturated heterocycles. The zero-order valence-electron chi connectivity index (χ0n) is 14.9. The number of allylic oxidation sites excluding steroid dienone is 1. The number of carbonyl (C=O) groups excluding carboxylic acids is 3. The molecule has 1 fully saturated rings. The second-order valence-corrected chi connectivity index (χ2v) is 6.64. The molecular formula is C20H22FN3O3. The van der Waals surface area contributed by atoms with Gasteiger partial charge in [-0.3, -0.25) is 14.5 Å². The highest BCUT2D eigenvalue weighted by molar-refractivity contribution is 6.05. The van der Waals surface area contributed by atoms with Gasteiger partial charge in [0.1, 0.15) is 5.82 Å². The van der Waals surface area contributed by atoms with E-state index in [-0.39, 0.29) is 29.6 Å². The number of nitrogens with zero attached hydrogens (tertiary/aromatic N) is 2. The highest BCUT2D eigenvalue weighted by Gasteiger charge is 2.23. The average Bonchev–Trinajstić information content (AvgIpc) is 2.68. The Hall–Kier alpha value is -2.96. The lowest BCUT2D eigenvalue weighted by Gasteiger charge is -2.30. The van der Waals surface area contributed by atoms with Gasteiger partial charge in [-0.25, -0.2) is 9.18 Å². The fraction of sp³-hybridized carbons (Fsp3) is 0.350. The molecule has 0 unspecified atom stereocenters. The number of amides is 4. The van der Waals surface area contributed by atoms with Crippen molar-refractivity contribution < 1.29 is 18.8 Å². The third-order valence-corrected chi connectivity index (χ3v) is 4.75. The van der Waals surface area contributed by atoms with Crippen molar-refractivity contribution in [2.24, 2.45) is 5.92 Å². The maximum atomic E-state index is 12.9. The minimum absolute atomic E-state index is 0.194. The summed E-state index contributed by atoms with van der Waals surface area (Å²) in [6, 6.07) is 5.42. The van der Waals surface area contributed by atoms with Gasteiger partial charge in [0.05, 0.1) is 0 Å². The molecule has 0 aliphatic carbocycles. The van der Waals surface area contributed by atoms with Gasteiger partial charge in [0.25, 0.3) is 11.8 Å². The maximum Gasteiger partial charge on any atom is 0.321 e. The van der Waals surface area contributed by atoms with Crippen molar-refractivity contribution in [2.75, 3.05) is 25.0 Å². The quantitative estimate of drug-likeness (QED) is 0.831. The van der Waals surface area contributed by atoms with E-state index >= 15 is 0 Å². The number of urea groups is 1. The van der Waals surface area contributed by atoms with Crippen LogP contribution in [-0.2, 0) is 9.59 Å². The van der Waals surface area contributed by atoms with Crippen molar-refractivity contribution in [3.63, 3.8) is 0 Å². The van der Waals surface area contributed by atoms with Crippen molar-refractivity contribution in [1.82, 2.24) is 9.80 Å². The van der Waals surface area contributed by atoms with Gasteiger partial charge in [-0.05, 0) is 61.6 Å². The summed E-state index contributed by atoms with van der Waals surface area (Å²) in [5, 5.41) is 2.75. The molecule has 3 rings (SSSR count). The summed E-state index contributed by atoms with van der Waals surface area (Å²) in [6.45, 7) is 1.56. The third-order valence-electron chi connectivity index (χ3n) is 4.75. The lowest BCUT2D eigenvalue weighted by molar-refractivity contribution is -0.139. The summed E-state index contributed by atoms with van der Waals surface area (Å²) < 4.78 is 12.9. The SMILES string of the molecule is O=C(Nc1ccc(F)cc1)N1CCC(/C=C/C(=O)N2CCC=CC2=O)CC1. The zero-order chi connectivity index (χ0) is 19.2. The van der Waals surface area contributed by atoms with Crippen molar-refractivity contribution in [1.29, 1.82) is 0 Å². The molecule has 2 heterocycles. The molecule has 2 aliphatic heterocycles. The molecule has 6 nitrogen and oxygen atoms in total. The second kappa shape index (κ2) is 8.62. The fourth-order valence-electron chi connectivity index (χ4n) is 3.15. The molecule has 7 heteroatoms. The standard InChI is InChI=1S/C20H22FN3O3/c21-16-5-7-17(8-6-16)22-20(27)23-13-10-15(11-14-23)4-9-19(26)24-12-2-1-3-18(24)25/h1,3-9,15H,2,10-14H2,(H,22,27)/b9-4+. The molecule has 2 aliphatic rings. The van der Waals surface area contributed by atoms with Gasteiger partial charge in [-0.2, -0.15) is 0 Å². The van der Waals surface area contributed by atoms with Crippen LogP contribution in [0.5, 0.6) is 0 Å². The van der Waals surface area contributed by atoms with Crippen LogP contribution in [0.2, 0.25) is 0 Å². The van der Waals surface area contributed by atoms with E-state index in [2.05, 4.69) is 5.32 Å². The zero-order valence-corrected chi connectivity index (χ0v) is 14.9. The average molecular weight is 371 g/mol. The third kappa shape index (κ3) is 5.03. The smallest absolute Gasteiger partial charge is 0.321 e. The highest BCUT2D eigenvalue weighted by Crippen LogP contribution is 2.20. The molecule has 1 aromatic carbocycles. The van der Waals surface area contributed by atoms with Crippen LogP contribution in [0.25, 0.3) is 0 Å². The molecule has 0 atom stereocenters. The van der Waals surface area contributed by atoms with Crippen LogP contribution in [0, 0.1) is 11.7 Å². The van der Waals surface area contributed by atoms with Crippen molar-refractivity contribution in [2.45, 2.75) is 19.3 Å². The van der Waals surface area contributed by atoms with E-state index in [0.29, 0.717) is 31.7 Å². The van der Waals surface area contributed by atoms with Crippen LogP contribution >= 0.6 is 0 Å². The van der Waals surface area contributed by atoms with Crippen molar-refractivity contribution in [3.05, 3.63) is 54.4 Å². The highest BCUT2D eigenvalue weighted by atomic mass is 19.1. The van der Waals surface area contributed by atoms with Crippen LogP contribution in [-0.4, -0.2) is 47.3 Å². The summed E-state index contributed by atoms with van der Waals surface area (Å²) in [4.78, 5) is 39.0. The number of likely N-dealkylation sites (tertiary alicyclic amines) is 1. The van der Waals surface area contributed by atoms with Crippen LogP contribution in [0.4, 0.5) is 14.9 Å². The van der Waals surface area contributed by atoms with Crippen LogP contribution in [0.3, 0.4) is 0 Å². The first-order valence-corrected chi connectivity index (χ1v) is 9.04. The van der Waals surface area contributed by atoms with E-state index in [9.17, 15) is 18.8 Å². The number of hydrogen-bond acceptors (Lipinski definition) is 3. The van der Waals surface area contributed by atoms with Crippen molar-refractivity contribution >= 4 is 23.5 Å². The van der Waals surface area contributed by atoms with E-state index in [4.69, 9.17) is 0 Å². The number of hydrogen-bond donors (Lipinski definition) is 1. The minimum Gasteiger partial charge on any atom is -0.324 e. The normalized spacial score (nSPS) is 18.2. The number of imide groups is 1. The van der Waals surface area contributed by atoms with Crippen molar-refractivity contribution in [3.8, 4) is 0 Å². The molecular weight excluding hydrogens is 349 g/mol. The van der Waals surface area contributed by atoms with Gasteiger partial charge in [0.2, 0.25) is 0 Å². The van der Waals surface area contributed by atoms with Gasteiger partial charge >= 0.3 is 6.03 Å². The largest absolute Gasteiger partial charge is 0.324 e. The Balaban J connectivity index is 1.46. The van der Waals surface area contributed by atoms with Crippen LogP contribution in [0.1, 0.15) is 19.3 Å². The van der Waals surface area contributed by atoms with Gasteiger partial charge in [0, 0.05) is 25.3 Å². The summed E-state index contributed by atoms with van der Waals surface area (Å²) in [5.41, 5.74) is 0.550. The molecule has 0 radical (unpaired) electrons. The Bertz CT molecular complexity index is 765. The topological polar surface area (TPSA) is 69.7 Å². The van der Waals surface area contributed by atoms with E-state index in [1.54, 1.807) is 11.0 Å². The van der Waals surface area contributed by atoms with E-state index < -0.39 is 0 Å². The van der Waals surface area contributed by atoms with Gasteiger partial charge in [-0.15, -0.1) is 0 Å². The first-order chi connectivity index (χ1) is 13.0. The monoisotopic (exact) mass is 371 g/mol. The first kappa shape index (κ1) is 18.8. The van der Waals surface area contributed by atoms with E-state index in [1.165, 1.54) is 41.3 Å². The number of benzene rings is 1. The first-order valence-electron chi connectivity index (χ1n) is 9.04. The van der Waals surface area contributed by atoms with Crippen LogP contribution < -0.4 is 5.32 Å². The molecule has 27 heavy (non-hydrogen) atoms. The Morgan fingerprint density at radius 3 is 2.48 bits per heavy atom. The van der Waals surface area contributed by atoms with Gasteiger partial charge < -0.3 is 10.2 Å². The molecule has 0 bridgehead atoms. The van der Waals surface area contributed by atoms with Crippen LogP contribution in [0.15, 0.2) is 48.6 Å². The maximum absolute atomic E-state index is 12.9. The molecule has 142 valence electrons. The minimum atomic E-state index is -0.350. The Labute approximate surface area is 157 Å². The lowest BCUT2D eigenvalue weighted by atomic mass is 9.96. The summed E-state index contributed by atoms with van der Waals surface area (Å²) in [6.07, 6.45) is 8.67. The Morgan fingerprint density at radius 1 is 1.11 bits per heavy atom. The number of halogens is 1. The van der Waals surface area contributed by atoms with E-state index in [1.807, 2.05) is 6.08 Å². The molecule has 0 aromatic heterocycles. The molecule has 0 spiro atoms. The van der Waals surface area contributed by atoms with Gasteiger partial charge in [-0.1, -0.05) is 12.2 Å². The predicted molar refractivity (Wildman–Crippen MR) is 99.3 cm³/mol. The number of piperidine rings is 1. The summed E-state index contributed by atoms with van der Waals surface area (Å²) in [5.74, 6) is -0.722. The predicted octanol–water partition coefficient (Wildman–Crippen LogP) is 2.94. The number of anilines is 1. The lowest BCUT2D eigenvalue weighted by Crippen LogP contribution is -2.41.